The fraction of sp³-hybridized carbons (Fsp3) is 0.0690. The highest BCUT2D eigenvalue weighted by Gasteiger charge is 2.36. The second-order valence-corrected chi connectivity index (χ2v) is 9.70. The molecule has 0 radical (unpaired) electrons. The zero-order valence-electron chi connectivity index (χ0n) is 19.5. The van der Waals surface area contributed by atoms with Gasteiger partial charge >= 0.3 is 0 Å². The highest BCUT2D eigenvalue weighted by molar-refractivity contribution is 8.18. The summed E-state index contributed by atoms with van der Waals surface area (Å²) < 4.78 is 5.85. The van der Waals surface area contributed by atoms with Crippen molar-refractivity contribution >= 4 is 63.0 Å². The molecule has 184 valence electrons. The molecule has 0 aromatic heterocycles. The third-order valence-electron chi connectivity index (χ3n) is 5.75. The number of anilines is 1. The van der Waals surface area contributed by atoms with Gasteiger partial charge < -0.3 is 10.1 Å². The number of thioether (sulfide) groups is 1. The zero-order chi connectivity index (χ0) is 25.8. The van der Waals surface area contributed by atoms with Gasteiger partial charge in [0, 0.05) is 21.7 Å². The Kier molecular flexibility index (Phi) is 7.25. The third kappa shape index (κ3) is 5.69. The Morgan fingerprint density at radius 1 is 0.946 bits per heavy atom. The summed E-state index contributed by atoms with van der Waals surface area (Å²) >= 11 is 7.00. The predicted octanol–water partition coefficient (Wildman–Crippen LogP) is 6.75. The molecule has 1 fully saturated rings. The molecule has 3 amide bonds. The van der Waals surface area contributed by atoms with Gasteiger partial charge in [0.15, 0.2) is 0 Å². The normalized spacial score (nSPS) is 14.4. The average Bonchev–Trinajstić information content (AvgIpc) is 3.16. The molecule has 0 aliphatic carbocycles. The Morgan fingerprint density at radius 2 is 1.70 bits per heavy atom. The number of nitrogens with zero attached hydrogens (tertiary/aromatic N) is 1. The Bertz CT molecular complexity index is 1550. The van der Waals surface area contributed by atoms with Gasteiger partial charge in [0.2, 0.25) is 5.91 Å². The smallest absolute Gasteiger partial charge is 0.294 e. The first-order chi connectivity index (χ1) is 18.0. The summed E-state index contributed by atoms with van der Waals surface area (Å²) in [5.41, 5.74) is 2.18. The summed E-state index contributed by atoms with van der Waals surface area (Å²) in [4.78, 5) is 39.4. The molecule has 37 heavy (non-hydrogen) atoms. The van der Waals surface area contributed by atoms with E-state index < -0.39 is 17.1 Å². The number of hydrogen-bond donors (Lipinski definition) is 1. The molecule has 8 heteroatoms. The van der Waals surface area contributed by atoms with Crippen LogP contribution in [0.5, 0.6) is 5.75 Å². The van der Waals surface area contributed by atoms with Crippen LogP contribution in [-0.2, 0) is 16.2 Å². The summed E-state index contributed by atoms with van der Waals surface area (Å²) in [6.45, 7) is -0.0718. The zero-order valence-corrected chi connectivity index (χ0v) is 21.1. The van der Waals surface area contributed by atoms with Crippen LogP contribution < -0.4 is 10.1 Å². The van der Waals surface area contributed by atoms with Gasteiger partial charge in [-0.15, -0.1) is 0 Å². The summed E-state index contributed by atoms with van der Waals surface area (Å²) in [7, 11) is 0. The van der Waals surface area contributed by atoms with Crippen LogP contribution in [0.3, 0.4) is 0 Å². The fourth-order valence-electron chi connectivity index (χ4n) is 3.93. The van der Waals surface area contributed by atoms with E-state index in [1.54, 1.807) is 36.4 Å². The number of carbonyl (C=O) groups excluding carboxylic acids is 3. The molecule has 5 rings (SSSR count). The molecule has 1 heterocycles. The van der Waals surface area contributed by atoms with Crippen molar-refractivity contribution in [2.24, 2.45) is 0 Å². The lowest BCUT2D eigenvalue weighted by atomic mass is 10.1. The first-order valence-corrected chi connectivity index (χ1v) is 12.7. The van der Waals surface area contributed by atoms with E-state index in [0.29, 0.717) is 28.6 Å². The number of carbonyl (C=O) groups is 3. The van der Waals surface area contributed by atoms with E-state index in [4.69, 9.17) is 16.3 Å². The number of imide groups is 1. The maximum Gasteiger partial charge on any atom is 0.294 e. The summed E-state index contributed by atoms with van der Waals surface area (Å²) in [5.74, 6) is -0.359. The highest BCUT2D eigenvalue weighted by Crippen LogP contribution is 2.33. The van der Waals surface area contributed by atoms with E-state index in [2.05, 4.69) is 5.32 Å². The lowest BCUT2D eigenvalue weighted by molar-refractivity contribution is -0.127. The largest absolute Gasteiger partial charge is 0.489 e. The molecule has 0 unspecified atom stereocenters. The third-order valence-corrected chi connectivity index (χ3v) is 7.02. The lowest BCUT2D eigenvalue weighted by Gasteiger charge is -2.13. The lowest BCUT2D eigenvalue weighted by Crippen LogP contribution is -2.36. The van der Waals surface area contributed by atoms with Gasteiger partial charge in [-0.1, -0.05) is 78.3 Å². The monoisotopic (exact) mass is 528 g/mol. The van der Waals surface area contributed by atoms with Gasteiger partial charge in [-0.3, -0.25) is 19.3 Å². The van der Waals surface area contributed by atoms with E-state index in [0.717, 1.165) is 33.0 Å². The van der Waals surface area contributed by atoms with Crippen LogP contribution in [0.25, 0.3) is 16.8 Å². The number of halogens is 1. The number of ether oxygens (including phenoxy) is 1. The summed E-state index contributed by atoms with van der Waals surface area (Å²) in [6, 6.07) is 27.8. The van der Waals surface area contributed by atoms with Crippen molar-refractivity contribution in [2.45, 2.75) is 6.61 Å². The van der Waals surface area contributed by atoms with Crippen LogP contribution in [0.15, 0.2) is 95.9 Å². The Morgan fingerprint density at radius 3 is 2.57 bits per heavy atom. The average molecular weight is 529 g/mol. The van der Waals surface area contributed by atoms with E-state index in [1.165, 1.54) is 0 Å². The van der Waals surface area contributed by atoms with Crippen LogP contribution in [-0.4, -0.2) is 28.5 Å². The van der Waals surface area contributed by atoms with Crippen LogP contribution in [0.1, 0.15) is 11.1 Å². The van der Waals surface area contributed by atoms with E-state index in [9.17, 15) is 14.4 Å². The molecular weight excluding hydrogens is 508 g/mol. The van der Waals surface area contributed by atoms with Gasteiger partial charge in [-0.2, -0.15) is 0 Å². The standard InChI is InChI=1S/C29H21ClN2O4S/c30-24-13-4-2-9-21(24)18-36-22-11-5-7-19(15-22)16-26-28(34)32(29(35)37-26)17-27(33)31-25-14-6-10-20-8-1-3-12-23(20)25/h1-16H,17-18H2,(H,31,33)/b26-16+. The van der Waals surface area contributed by atoms with Gasteiger partial charge in [0.05, 0.1) is 4.91 Å². The second-order valence-electron chi connectivity index (χ2n) is 8.30. The van der Waals surface area contributed by atoms with Crippen molar-refractivity contribution < 1.29 is 19.1 Å². The number of nitrogens with one attached hydrogen (secondary N) is 1. The first kappa shape index (κ1) is 24.6. The molecule has 6 nitrogen and oxygen atoms in total. The summed E-state index contributed by atoms with van der Waals surface area (Å²) in [6.07, 6.45) is 1.62. The van der Waals surface area contributed by atoms with Crippen molar-refractivity contribution in [3.63, 3.8) is 0 Å². The number of hydrogen-bond acceptors (Lipinski definition) is 5. The van der Waals surface area contributed by atoms with Crippen molar-refractivity contribution in [3.8, 4) is 5.75 Å². The molecule has 0 saturated carbocycles. The number of rotatable bonds is 7. The Hall–Kier alpha value is -4.07. The van der Waals surface area contributed by atoms with Crippen molar-refractivity contribution in [1.82, 2.24) is 4.90 Å². The minimum atomic E-state index is -0.509. The fourth-order valence-corrected chi connectivity index (χ4v) is 4.95. The van der Waals surface area contributed by atoms with Crippen LogP contribution in [0, 0.1) is 0 Å². The number of amides is 3. The number of benzene rings is 4. The number of fused-ring (bicyclic) bond motifs is 1. The molecule has 0 atom stereocenters. The molecule has 4 aromatic carbocycles. The molecule has 1 N–H and O–H groups in total. The molecule has 4 aromatic rings. The van der Waals surface area contributed by atoms with Crippen molar-refractivity contribution in [2.75, 3.05) is 11.9 Å². The highest BCUT2D eigenvalue weighted by atomic mass is 35.5. The van der Waals surface area contributed by atoms with Crippen LogP contribution in [0.4, 0.5) is 10.5 Å². The van der Waals surface area contributed by atoms with E-state index in [-0.39, 0.29) is 11.4 Å². The van der Waals surface area contributed by atoms with Gasteiger partial charge in [-0.25, -0.2) is 0 Å². The molecule has 0 bridgehead atoms. The molecule has 1 saturated heterocycles. The summed E-state index contributed by atoms with van der Waals surface area (Å²) in [5, 5.41) is 4.81. The van der Waals surface area contributed by atoms with Crippen LogP contribution in [0.2, 0.25) is 5.02 Å². The minimum absolute atomic E-state index is 0.242. The van der Waals surface area contributed by atoms with Gasteiger partial charge in [-0.05, 0) is 53.1 Å². The van der Waals surface area contributed by atoms with E-state index in [1.807, 2.05) is 60.7 Å². The van der Waals surface area contributed by atoms with Crippen molar-refractivity contribution in [1.29, 1.82) is 0 Å². The maximum absolute atomic E-state index is 12.9. The SMILES string of the molecule is O=C(CN1C(=O)S/C(=C/c2cccc(OCc3ccccc3Cl)c2)C1=O)Nc1cccc2ccccc12. The Balaban J connectivity index is 1.25. The minimum Gasteiger partial charge on any atom is -0.489 e. The topological polar surface area (TPSA) is 75.7 Å². The van der Waals surface area contributed by atoms with Gasteiger partial charge in [0.25, 0.3) is 11.1 Å². The van der Waals surface area contributed by atoms with Crippen LogP contribution >= 0.6 is 23.4 Å². The predicted molar refractivity (Wildman–Crippen MR) is 147 cm³/mol. The van der Waals surface area contributed by atoms with Crippen molar-refractivity contribution in [3.05, 3.63) is 112 Å². The maximum atomic E-state index is 12.9. The van der Waals surface area contributed by atoms with E-state index >= 15 is 0 Å². The molecule has 1 aliphatic heterocycles. The quantitative estimate of drug-likeness (QED) is 0.269. The van der Waals surface area contributed by atoms with Gasteiger partial charge in [0.1, 0.15) is 18.9 Å². The second kappa shape index (κ2) is 10.9. The first-order valence-electron chi connectivity index (χ1n) is 11.5. The molecule has 1 aliphatic rings. The molecule has 0 spiro atoms. The molecular formula is C29H21ClN2O4S. The Labute approximate surface area is 222 Å².